The smallest absolute Gasteiger partial charge is 0.153 e. The monoisotopic (exact) mass is 274 g/mol. The standard InChI is InChI=1S/C12H15ClO3S/c1-2-17(15,16)12-10(7-14)11(12)8-3-5-9(13)6-4-8/h3-6,10-12,14H,2,7H2,1H3/t10-,11-,12-/m0/s1. The maximum absolute atomic E-state index is 11.8. The second kappa shape index (κ2) is 4.59. The molecule has 0 heterocycles. The first kappa shape index (κ1) is 12.9. The normalized spacial score (nSPS) is 28.1. The maximum Gasteiger partial charge on any atom is 0.153 e. The van der Waals surface area contributed by atoms with E-state index in [1.807, 2.05) is 12.1 Å². The summed E-state index contributed by atoms with van der Waals surface area (Å²) in [7, 11) is -3.09. The van der Waals surface area contributed by atoms with Crippen LogP contribution < -0.4 is 0 Å². The molecule has 1 aromatic rings. The molecular formula is C12H15ClO3S. The predicted molar refractivity (Wildman–Crippen MR) is 68.0 cm³/mol. The van der Waals surface area contributed by atoms with Crippen molar-refractivity contribution >= 4 is 21.4 Å². The first-order valence-corrected chi connectivity index (χ1v) is 7.68. The van der Waals surface area contributed by atoms with Gasteiger partial charge in [0.15, 0.2) is 9.84 Å². The van der Waals surface area contributed by atoms with Crippen LogP contribution in [0, 0.1) is 5.92 Å². The fourth-order valence-corrected chi connectivity index (χ4v) is 4.38. The van der Waals surface area contributed by atoms with Gasteiger partial charge in [-0.2, -0.15) is 0 Å². The molecule has 3 atom stereocenters. The summed E-state index contributed by atoms with van der Waals surface area (Å²) < 4.78 is 23.7. The molecule has 1 N–H and O–H groups in total. The first-order chi connectivity index (χ1) is 8.01. The van der Waals surface area contributed by atoms with E-state index >= 15 is 0 Å². The molecule has 0 aromatic heterocycles. The third-order valence-corrected chi connectivity index (χ3v) is 5.91. The van der Waals surface area contributed by atoms with Gasteiger partial charge >= 0.3 is 0 Å². The van der Waals surface area contributed by atoms with Crippen LogP contribution in [0.2, 0.25) is 5.02 Å². The highest BCUT2D eigenvalue weighted by Crippen LogP contribution is 2.52. The minimum Gasteiger partial charge on any atom is -0.396 e. The lowest BCUT2D eigenvalue weighted by Crippen LogP contribution is -2.13. The summed E-state index contributed by atoms with van der Waals surface area (Å²) in [6, 6.07) is 7.17. The van der Waals surface area contributed by atoms with E-state index in [1.54, 1.807) is 19.1 Å². The molecule has 5 heteroatoms. The summed E-state index contributed by atoms with van der Waals surface area (Å²) in [6.07, 6.45) is 0. The van der Waals surface area contributed by atoms with Gasteiger partial charge in [0.2, 0.25) is 0 Å². The van der Waals surface area contributed by atoms with E-state index in [0.717, 1.165) is 5.56 Å². The number of aliphatic hydroxyl groups excluding tert-OH is 1. The number of halogens is 1. The van der Waals surface area contributed by atoms with Crippen LogP contribution in [0.5, 0.6) is 0 Å². The quantitative estimate of drug-likeness (QED) is 0.912. The van der Waals surface area contributed by atoms with E-state index in [-0.39, 0.29) is 24.2 Å². The molecule has 94 valence electrons. The van der Waals surface area contributed by atoms with Crippen molar-refractivity contribution in [2.75, 3.05) is 12.4 Å². The van der Waals surface area contributed by atoms with Crippen LogP contribution in [0.15, 0.2) is 24.3 Å². The second-order valence-electron chi connectivity index (χ2n) is 4.34. The fourth-order valence-electron chi connectivity index (χ4n) is 2.36. The lowest BCUT2D eigenvalue weighted by molar-refractivity contribution is 0.274. The van der Waals surface area contributed by atoms with Crippen molar-refractivity contribution in [1.82, 2.24) is 0 Å². The number of benzene rings is 1. The van der Waals surface area contributed by atoms with Crippen molar-refractivity contribution < 1.29 is 13.5 Å². The molecule has 3 nitrogen and oxygen atoms in total. The Balaban J connectivity index is 2.26. The molecule has 1 aromatic carbocycles. The molecule has 0 aliphatic heterocycles. The Kier molecular flexibility index (Phi) is 3.48. The van der Waals surface area contributed by atoms with Crippen LogP contribution in [-0.4, -0.2) is 31.1 Å². The van der Waals surface area contributed by atoms with Crippen molar-refractivity contribution in [3.63, 3.8) is 0 Å². The Morgan fingerprint density at radius 2 is 1.88 bits per heavy atom. The SMILES string of the molecule is CCS(=O)(=O)[C@H]1[C@@H](CO)[C@@H]1c1ccc(Cl)cc1. The van der Waals surface area contributed by atoms with Crippen molar-refractivity contribution in [1.29, 1.82) is 0 Å². The number of hydrogen-bond donors (Lipinski definition) is 1. The van der Waals surface area contributed by atoms with Crippen molar-refractivity contribution in [2.24, 2.45) is 5.92 Å². The van der Waals surface area contributed by atoms with Gasteiger partial charge in [0.1, 0.15) is 0 Å². The van der Waals surface area contributed by atoms with Crippen molar-refractivity contribution in [3.8, 4) is 0 Å². The Morgan fingerprint density at radius 1 is 1.29 bits per heavy atom. The Bertz CT molecular complexity index is 495. The minimum absolute atomic E-state index is 0.0813. The summed E-state index contributed by atoms with van der Waals surface area (Å²) in [6.45, 7) is 1.55. The molecule has 17 heavy (non-hydrogen) atoms. The number of hydrogen-bond acceptors (Lipinski definition) is 3. The average Bonchev–Trinajstić information content (AvgIpc) is 3.05. The van der Waals surface area contributed by atoms with E-state index in [9.17, 15) is 13.5 Å². The summed E-state index contributed by atoms with van der Waals surface area (Å²) in [5.74, 6) is -0.124. The van der Waals surface area contributed by atoms with E-state index in [0.29, 0.717) is 5.02 Å². The number of sulfone groups is 1. The molecule has 1 saturated carbocycles. The van der Waals surface area contributed by atoms with Gasteiger partial charge in [-0.15, -0.1) is 0 Å². The number of aliphatic hydroxyl groups is 1. The van der Waals surface area contributed by atoms with E-state index < -0.39 is 15.1 Å². The summed E-state index contributed by atoms with van der Waals surface area (Å²) in [4.78, 5) is 0. The zero-order valence-electron chi connectivity index (χ0n) is 9.51. The minimum atomic E-state index is -3.09. The zero-order valence-corrected chi connectivity index (χ0v) is 11.1. The maximum atomic E-state index is 11.8. The molecule has 0 saturated heterocycles. The molecule has 0 bridgehead atoms. The van der Waals surface area contributed by atoms with Crippen LogP contribution in [0.25, 0.3) is 0 Å². The van der Waals surface area contributed by atoms with Gasteiger partial charge in [-0.1, -0.05) is 30.7 Å². The third-order valence-electron chi connectivity index (χ3n) is 3.38. The van der Waals surface area contributed by atoms with Crippen molar-refractivity contribution in [3.05, 3.63) is 34.9 Å². The average molecular weight is 275 g/mol. The topological polar surface area (TPSA) is 54.4 Å². The molecule has 1 aliphatic rings. The lowest BCUT2D eigenvalue weighted by Gasteiger charge is -2.00. The molecule has 0 radical (unpaired) electrons. The Hall–Kier alpha value is -0.580. The molecule has 0 spiro atoms. The highest BCUT2D eigenvalue weighted by atomic mass is 35.5. The molecule has 1 aliphatic carbocycles. The van der Waals surface area contributed by atoms with Crippen molar-refractivity contribution in [2.45, 2.75) is 18.1 Å². The van der Waals surface area contributed by atoms with Crippen LogP contribution >= 0.6 is 11.6 Å². The molecular weight excluding hydrogens is 260 g/mol. The van der Waals surface area contributed by atoms with Gasteiger partial charge in [-0.25, -0.2) is 8.42 Å². The molecule has 2 rings (SSSR count). The highest BCUT2D eigenvalue weighted by molar-refractivity contribution is 7.92. The highest BCUT2D eigenvalue weighted by Gasteiger charge is 2.57. The number of rotatable bonds is 4. The Labute approximate surface area is 106 Å². The van der Waals surface area contributed by atoms with Gasteiger partial charge in [0.05, 0.1) is 5.25 Å². The van der Waals surface area contributed by atoms with Gasteiger partial charge < -0.3 is 5.11 Å². The predicted octanol–water partition coefficient (Wildman–Crippen LogP) is 1.85. The molecule has 0 amide bonds. The summed E-state index contributed by atoms with van der Waals surface area (Å²) in [5, 5.41) is 9.43. The van der Waals surface area contributed by atoms with Gasteiger partial charge in [-0.3, -0.25) is 0 Å². The fraction of sp³-hybridized carbons (Fsp3) is 0.500. The zero-order chi connectivity index (χ0) is 12.6. The largest absolute Gasteiger partial charge is 0.396 e. The first-order valence-electron chi connectivity index (χ1n) is 5.59. The molecule has 1 fully saturated rings. The second-order valence-corrected chi connectivity index (χ2v) is 7.22. The van der Waals surface area contributed by atoms with Crippen LogP contribution in [-0.2, 0) is 9.84 Å². The summed E-state index contributed by atoms with van der Waals surface area (Å²) in [5.41, 5.74) is 0.940. The Morgan fingerprint density at radius 3 is 2.35 bits per heavy atom. The van der Waals surface area contributed by atoms with Crippen LogP contribution in [0.3, 0.4) is 0 Å². The van der Waals surface area contributed by atoms with Crippen LogP contribution in [0.1, 0.15) is 18.4 Å². The van der Waals surface area contributed by atoms with E-state index in [4.69, 9.17) is 11.6 Å². The van der Waals surface area contributed by atoms with E-state index in [2.05, 4.69) is 0 Å². The lowest BCUT2D eigenvalue weighted by atomic mass is 10.1. The third kappa shape index (κ3) is 2.34. The summed E-state index contributed by atoms with van der Waals surface area (Å²) >= 11 is 5.79. The van der Waals surface area contributed by atoms with Crippen LogP contribution in [0.4, 0.5) is 0 Å². The van der Waals surface area contributed by atoms with Gasteiger partial charge in [0, 0.05) is 29.2 Å². The molecule has 0 unspecified atom stereocenters. The van der Waals surface area contributed by atoms with Gasteiger partial charge in [-0.05, 0) is 17.7 Å². The van der Waals surface area contributed by atoms with E-state index in [1.165, 1.54) is 0 Å². The van der Waals surface area contributed by atoms with Gasteiger partial charge in [0.25, 0.3) is 0 Å².